The molecule has 6 heteroatoms. The first kappa shape index (κ1) is 20.4. The summed E-state index contributed by atoms with van der Waals surface area (Å²) in [7, 11) is 0. The standard InChI is InChI=1S/C22H27NO4S/c1-4-25-18-6-8-19(9-7-18)28-14-22(24)23-13-17-12-21-16(10-15(3)27-21)11-20(17)26-5-2/h6-9,11-12,15H,4-5,10,13-14H2,1-3H3,(H,23,24)/t15-/m1/s1. The van der Waals surface area contributed by atoms with Crippen LogP contribution in [0.25, 0.3) is 0 Å². The van der Waals surface area contributed by atoms with Crippen LogP contribution < -0.4 is 19.5 Å². The smallest absolute Gasteiger partial charge is 0.230 e. The van der Waals surface area contributed by atoms with Crippen LogP contribution in [0.15, 0.2) is 41.3 Å². The number of carbonyl (C=O) groups is 1. The molecule has 3 rings (SSSR count). The molecule has 1 N–H and O–H groups in total. The normalized spacial score (nSPS) is 14.9. The van der Waals surface area contributed by atoms with Gasteiger partial charge in [0.1, 0.15) is 23.4 Å². The highest BCUT2D eigenvalue weighted by atomic mass is 32.2. The molecule has 2 aromatic rings. The summed E-state index contributed by atoms with van der Waals surface area (Å²) in [5, 5.41) is 2.98. The lowest BCUT2D eigenvalue weighted by atomic mass is 10.1. The lowest BCUT2D eigenvalue weighted by molar-refractivity contribution is -0.118. The molecular formula is C22H27NO4S. The molecule has 0 spiro atoms. The number of rotatable bonds is 9. The van der Waals surface area contributed by atoms with Gasteiger partial charge in [-0.3, -0.25) is 4.79 Å². The van der Waals surface area contributed by atoms with Gasteiger partial charge in [0.15, 0.2) is 0 Å². The van der Waals surface area contributed by atoms with Crippen LogP contribution >= 0.6 is 11.8 Å². The van der Waals surface area contributed by atoms with Crippen molar-refractivity contribution in [3.63, 3.8) is 0 Å². The summed E-state index contributed by atoms with van der Waals surface area (Å²) in [6.45, 7) is 7.62. The third kappa shape index (κ3) is 5.35. The Morgan fingerprint density at radius 3 is 2.64 bits per heavy atom. The Morgan fingerprint density at radius 1 is 1.18 bits per heavy atom. The van der Waals surface area contributed by atoms with Crippen molar-refractivity contribution in [3.8, 4) is 17.2 Å². The molecule has 0 aromatic heterocycles. The van der Waals surface area contributed by atoms with E-state index < -0.39 is 0 Å². The van der Waals surface area contributed by atoms with Crippen LogP contribution in [0.2, 0.25) is 0 Å². The predicted octanol–water partition coefficient (Wildman–Crippen LogP) is 4.22. The van der Waals surface area contributed by atoms with Gasteiger partial charge in [0.2, 0.25) is 5.91 Å². The maximum atomic E-state index is 12.3. The van der Waals surface area contributed by atoms with Crippen molar-refractivity contribution in [3.05, 3.63) is 47.5 Å². The fourth-order valence-electron chi connectivity index (χ4n) is 3.10. The SMILES string of the molecule is CCOc1ccc(SCC(=O)NCc2cc3c(cc2OCC)C[C@@H](C)O3)cc1. The summed E-state index contributed by atoms with van der Waals surface area (Å²) in [5.74, 6) is 2.89. The third-order valence-corrected chi connectivity index (χ3v) is 5.37. The van der Waals surface area contributed by atoms with Crippen LogP contribution in [-0.4, -0.2) is 31.0 Å². The van der Waals surface area contributed by atoms with Gasteiger partial charge in [-0.05, 0) is 57.2 Å². The molecule has 1 amide bonds. The van der Waals surface area contributed by atoms with Crippen molar-refractivity contribution < 1.29 is 19.0 Å². The Hall–Kier alpha value is -2.34. The molecule has 0 fully saturated rings. The minimum absolute atomic E-state index is 0.0175. The zero-order valence-electron chi connectivity index (χ0n) is 16.6. The van der Waals surface area contributed by atoms with E-state index in [-0.39, 0.29) is 12.0 Å². The quantitative estimate of drug-likeness (QED) is 0.638. The van der Waals surface area contributed by atoms with Gasteiger partial charge in [0.05, 0.1) is 19.0 Å². The monoisotopic (exact) mass is 401 g/mol. The Morgan fingerprint density at radius 2 is 1.93 bits per heavy atom. The van der Waals surface area contributed by atoms with Gasteiger partial charge in [-0.15, -0.1) is 11.8 Å². The first-order valence-corrected chi connectivity index (χ1v) is 10.6. The molecule has 0 saturated carbocycles. The maximum Gasteiger partial charge on any atom is 0.230 e. The molecule has 0 radical (unpaired) electrons. The highest BCUT2D eigenvalue weighted by Crippen LogP contribution is 2.35. The van der Waals surface area contributed by atoms with Crippen LogP contribution in [0.5, 0.6) is 17.2 Å². The molecule has 2 aromatic carbocycles. The zero-order chi connectivity index (χ0) is 19.9. The molecule has 0 bridgehead atoms. The average molecular weight is 402 g/mol. The summed E-state index contributed by atoms with van der Waals surface area (Å²) >= 11 is 1.50. The predicted molar refractivity (Wildman–Crippen MR) is 112 cm³/mol. The first-order chi connectivity index (χ1) is 13.6. The van der Waals surface area contributed by atoms with Gasteiger partial charge in [-0.2, -0.15) is 0 Å². The van der Waals surface area contributed by atoms with Crippen LogP contribution in [0.1, 0.15) is 31.9 Å². The molecule has 0 unspecified atom stereocenters. The van der Waals surface area contributed by atoms with E-state index >= 15 is 0 Å². The summed E-state index contributed by atoms with van der Waals surface area (Å²) in [6.07, 6.45) is 1.07. The third-order valence-electron chi connectivity index (χ3n) is 4.36. The second-order valence-electron chi connectivity index (χ2n) is 6.60. The van der Waals surface area contributed by atoms with E-state index in [4.69, 9.17) is 14.2 Å². The molecule has 1 atom stereocenters. The van der Waals surface area contributed by atoms with E-state index in [0.29, 0.717) is 25.5 Å². The number of carbonyl (C=O) groups excluding carboxylic acids is 1. The number of fused-ring (bicyclic) bond motifs is 1. The van der Waals surface area contributed by atoms with Crippen molar-refractivity contribution in [2.45, 2.75) is 44.7 Å². The largest absolute Gasteiger partial charge is 0.494 e. The second-order valence-corrected chi connectivity index (χ2v) is 7.65. The number of benzene rings is 2. The first-order valence-electron chi connectivity index (χ1n) is 9.66. The van der Waals surface area contributed by atoms with E-state index in [9.17, 15) is 4.79 Å². The molecule has 1 aliphatic heterocycles. The molecule has 5 nitrogen and oxygen atoms in total. The fourth-order valence-corrected chi connectivity index (χ4v) is 3.83. The zero-order valence-corrected chi connectivity index (χ0v) is 17.4. The lowest BCUT2D eigenvalue weighted by Crippen LogP contribution is -2.24. The molecule has 150 valence electrons. The number of hydrogen-bond donors (Lipinski definition) is 1. The molecule has 1 aliphatic rings. The van der Waals surface area contributed by atoms with E-state index in [1.165, 1.54) is 11.8 Å². The van der Waals surface area contributed by atoms with Gasteiger partial charge >= 0.3 is 0 Å². The van der Waals surface area contributed by atoms with Crippen LogP contribution in [-0.2, 0) is 17.8 Å². The van der Waals surface area contributed by atoms with Crippen LogP contribution in [0.4, 0.5) is 0 Å². The minimum atomic E-state index is -0.0175. The van der Waals surface area contributed by atoms with Gasteiger partial charge in [0, 0.05) is 29.0 Å². The minimum Gasteiger partial charge on any atom is -0.494 e. The van der Waals surface area contributed by atoms with Crippen molar-refractivity contribution in [1.29, 1.82) is 0 Å². The number of ether oxygens (including phenoxy) is 3. The second kappa shape index (κ2) is 9.73. The van der Waals surface area contributed by atoms with Crippen molar-refractivity contribution in [1.82, 2.24) is 5.32 Å². The highest BCUT2D eigenvalue weighted by Gasteiger charge is 2.22. The number of thioether (sulfide) groups is 1. The Kier molecular flexibility index (Phi) is 7.09. The van der Waals surface area contributed by atoms with E-state index in [2.05, 4.69) is 12.2 Å². The molecule has 0 saturated heterocycles. The summed E-state index contributed by atoms with van der Waals surface area (Å²) in [5.41, 5.74) is 2.10. The van der Waals surface area contributed by atoms with E-state index in [0.717, 1.165) is 39.7 Å². The average Bonchev–Trinajstić information content (AvgIpc) is 3.05. The Bertz CT molecular complexity index is 807. The van der Waals surface area contributed by atoms with E-state index in [1.807, 2.05) is 50.2 Å². The molecular weight excluding hydrogens is 374 g/mol. The van der Waals surface area contributed by atoms with Crippen LogP contribution in [0, 0.1) is 0 Å². The van der Waals surface area contributed by atoms with E-state index in [1.54, 1.807) is 0 Å². The van der Waals surface area contributed by atoms with Gasteiger partial charge in [-0.1, -0.05) is 0 Å². The highest BCUT2D eigenvalue weighted by molar-refractivity contribution is 8.00. The Labute approximate surface area is 170 Å². The molecule has 0 aliphatic carbocycles. The van der Waals surface area contributed by atoms with Crippen molar-refractivity contribution in [2.75, 3.05) is 19.0 Å². The van der Waals surface area contributed by atoms with Crippen molar-refractivity contribution >= 4 is 17.7 Å². The fraction of sp³-hybridized carbons (Fsp3) is 0.409. The number of nitrogens with one attached hydrogen (secondary N) is 1. The topological polar surface area (TPSA) is 56.8 Å². The Balaban J connectivity index is 1.54. The maximum absolute atomic E-state index is 12.3. The van der Waals surface area contributed by atoms with Gasteiger partial charge in [-0.25, -0.2) is 0 Å². The van der Waals surface area contributed by atoms with Crippen LogP contribution in [0.3, 0.4) is 0 Å². The molecule has 28 heavy (non-hydrogen) atoms. The number of hydrogen-bond acceptors (Lipinski definition) is 5. The summed E-state index contributed by atoms with van der Waals surface area (Å²) < 4.78 is 17.0. The summed E-state index contributed by atoms with van der Waals surface area (Å²) in [4.78, 5) is 13.3. The number of amides is 1. The van der Waals surface area contributed by atoms with Crippen molar-refractivity contribution in [2.24, 2.45) is 0 Å². The summed E-state index contributed by atoms with van der Waals surface area (Å²) in [6, 6.07) is 11.8. The lowest BCUT2D eigenvalue weighted by Gasteiger charge is -2.13. The van der Waals surface area contributed by atoms with Gasteiger partial charge < -0.3 is 19.5 Å². The van der Waals surface area contributed by atoms with Gasteiger partial charge in [0.25, 0.3) is 0 Å². The molecule has 1 heterocycles.